The van der Waals surface area contributed by atoms with E-state index in [1.807, 2.05) is 36.5 Å². The number of aromatic nitrogens is 5. The number of hydrogen-bond donors (Lipinski definition) is 0. The number of amides is 1. The van der Waals surface area contributed by atoms with Gasteiger partial charge in [-0.05, 0) is 18.6 Å². The molecule has 0 aliphatic carbocycles. The molecule has 1 amide bonds. The highest BCUT2D eigenvalue weighted by molar-refractivity contribution is 5.78. The lowest BCUT2D eigenvalue weighted by Crippen LogP contribution is -2.39. The van der Waals surface area contributed by atoms with Gasteiger partial charge in [-0.15, -0.1) is 0 Å². The van der Waals surface area contributed by atoms with Gasteiger partial charge in [-0.25, -0.2) is 14.2 Å². The van der Waals surface area contributed by atoms with Gasteiger partial charge in [0.05, 0.1) is 17.8 Å². The predicted molar refractivity (Wildman–Crippen MR) is 99.3 cm³/mol. The summed E-state index contributed by atoms with van der Waals surface area (Å²) in [6.45, 7) is 0.880. The van der Waals surface area contributed by atoms with Crippen molar-refractivity contribution in [2.24, 2.45) is 13.0 Å². The van der Waals surface area contributed by atoms with Gasteiger partial charge in [0.2, 0.25) is 5.91 Å². The van der Waals surface area contributed by atoms with Crippen LogP contribution in [-0.4, -0.2) is 42.0 Å². The van der Waals surface area contributed by atoms with E-state index in [0.717, 1.165) is 17.1 Å². The monoisotopic (exact) mass is 366 g/mol. The summed E-state index contributed by atoms with van der Waals surface area (Å²) in [7, 11) is 3.44. The Kier molecular flexibility index (Phi) is 4.39. The summed E-state index contributed by atoms with van der Waals surface area (Å²) in [6.07, 6.45) is 5.07. The minimum absolute atomic E-state index is 0.0452. The molecule has 1 aliphatic rings. The van der Waals surface area contributed by atoms with Crippen LogP contribution in [0, 0.1) is 5.92 Å². The van der Waals surface area contributed by atoms with Gasteiger partial charge in [-0.2, -0.15) is 10.2 Å². The Labute approximate surface area is 156 Å². The van der Waals surface area contributed by atoms with E-state index in [9.17, 15) is 9.59 Å². The third-order valence-corrected chi connectivity index (χ3v) is 5.01. The summed E-state index contributed by atoms with van der Waals surface area (Å²) in [4.78, 5) is 26.7. The molecular weight excluding hydrogens is 344 g/mol. The standard InChI is InChI=1S/C19H22N6O2/c1-22(11-14-10-20-25(12-14)16-6-4-3-5-7-16)18(26)15-8-9-17-21-23(2)19(27)24(17)13-15/h3-7,10,12,15H,8-9,11,13H2,1-2H3. The van der Waals surface area contributed by atoms with Crippen LogP contribution in [0.25, 0.3) is 5.69 Å². The minimum Gasteiger partial charge on any atom is -0.341 e. The smallest absolute Gasteiger partial charge is 0.341 e. The van der Waals surface area contributed by atoms with Crippen molar-refractivity contribution in [3.63, 3.8) is 0 Å². The summed E-state index contributed by atoms with van der Waals surface area (Å²) >= 11 is 0. The average molecular weight is 366 g/mol. The Morgan fingerprint density at radius 1 is 1.30 bits per heavy atom. The molecule has 4 rings (SSSR count). The first kappa shape index (κ1) is 17.3. The lowest BCUT2D eigenvalue weighted by Gasteiger charge is -2.26. The summed E-state index contributed by atoms with van der Waals surface area (Å²) in [5.74, 6) is 0.607. The summed E-state index contributed by atoms with van der Waals surface area (Å²) in [5.41, 5.74) is 1.78. The predicted octanol–water partition coefficient (Wildman–Crippen LogP) is 0.988. The molecule has 8 heteroatoms. The maximum atomic E-state index is 12.9. The van der Waals surface area contributed by atoms with Crippen LogP contribution in [0.15, 0.2) is 47.5 Å². The zero-order valence-corrected chi connectivity index (χ0v) is 15.4. The number of carbonyl (C=O) groups excluding carboxylic acids is 1. The summed E-state index contributed by atoms with van der Waals surface area (Å²) in [6, 6.07) is 9.85. The van der Waals surface area contributed by atoms with Crippen LogP contribution in [0.2, 0.25) is 0 Å². The number of benzene rings is 1. The van der Waals surface area contributed by atoms with E-state index >= 15 is 0 Å². The van der Waals surface area contributed by atoms with Crippen LogP contribution in [0.5, 0.6) is 0 Å². The Morgan fingerprint density at radius 3 is 2.85 bits per heavy atom. The summed E-state index contributed by atoms with van der Waals surface area (Å²) in [5, 5.41) is 8.60. The van der Waals surface area contributed by atoms with Crippen LogP contribution in [0.1, 0.15) is 17.8 Å². The van der Waals surface area contributed by atoms with Crippen molar-refractivity contribution in [3.05, 3.63) is 64.6 Å². The lowest BCUT2D eigenvalue weighted by molar-refractivity contribution is -0.135. The Hall–Kier alpha value is -3.16. The van der Waals surface area contributed by atoms with Gasteiger partial charge < -0.3 is 4.90 Å². The van der Waals surface area contributed by atoms with Gasteiger partial charge in [-0.1, -0.05) is 18.2 Å². The highest BCUT2D eigenvalue weighted by atomic mass is 16.2. The molecule has 2 aromatic heterocycles. The molecule has 1 aromatic carbocycles. The minimum atomic E-state index is -0.200. The number of carbonyl (C=O) groups is 1. The second-order valence-electron chi connectivity index (χ2n) is 6.99. The first-order chi connectivity index (χ1) is 13.0. The van der Waals surface area contributed by atoms with Crippen molar-refractivity contribution >= 4 is 5.91 Å². The number of hydrogen-bond acceptors (Lipinski definition) is 4. The first-order valence-corrected chi connectivity index (χ1v) is 8.99. The Bertz CT molecular complexity index is 1020. The number of fused-ring (bicyclic) bond motifs is 1. The molecule has 0 saturated carbocycles. The van der Waals surface area contributed by atoms with Crippen molar-refractivity contribution in [3.8, 4) is 5.69 Å². The molecule has 1 atom stereocenters. The number of aryl methyl sites for hydroxylation is 2. The maximum Gasteiger partial charge on any atom is 0.345 e. The van der Waals surface area contributed by atoms with E-state index in [4.69, 9.17) is 0 Å². The number of para-hydroxylation sites is 1. The average Bonchev–Trinajstić information content (AvgIpc) is 3.26. The number of rotatable bonds is 4. The molecule has 0 fully saturated rings. The highest BCUT2D eigenvalue weighted by Crippen LogP contribution is 2.20. The third kappa shape index (κ3) is 3.30. The summed E-state index contributed by atoms with van der Waals surface area (Å²) < 4.78 is 4.76. The molecule has 0 saturated heterocycles. The Balaban J connectivity index is 1.44. The molecule has 140 valence electrons. The third-order valence-electron chi connectivity index (χ3n) is 5.01. The van der Waals surface area contributed by atoms with Gasteiger partial charge in [0.25, 0.3) is 0 Å². The molecule has 1 unspecified atom stereocenters. The van der Waals surface area contributed by atoms with E-state index in [0.29, 0.717) is 25.9 Å². The fourth-order valence-electron chi connectivity index (χ4n) is 3.57. The molecular formula is C19H22N6O2. The van der Waals surface area contributed by atoms with E-state index in [-0.39, 0.29) is 17.5 Å². The zero-order valence-electron chi connectivity index (χ0n) is 15.4. The van der Waals surface area contributed by atoms with Gasteiger partial charge >= 0.3 is 5.69 Å². The van der Waals surface area contributed by atoms with Crippen LogP contribution >= 0.6 is 0 Å². The topological polar surface area (TPSA) is 78.0 Å². The quantitative estimate of drug-likeness (QED) is 0.690. The molecule has 0 spiro atoms. The molecule has 1 aliphatic heterocycles. The second-order valence-corrected chi connectivity index (χ2v) is 6.99. The van der Waals surface area contributed by atoms with Gasteiger partial charge in [-0.3, -0.25) is 9.36 Å². The zero-order chi connectivity index (χ0) is 19.0. The second kappa shape index (κ2) is 6.86. The molecule has 3 heterocycles. The van der Waals surface area contributed by atoms with E-state index < -0.39 is 0 Å². The van der Waals surface area contributed by atoms with Gasteiger partial charge in [0.15, 0.2) is 0 Å². The molecule has 27 heavy (non-hydrogen) atoms. The van der Waals surface area contributed by atoms with Crippen LogP contribution in [-0.2, 0) is 31.4 Å². The SMILES string of the molecule is CN(Cc1cnn(-c2ccccc2)c1)C(=O)C1CCc2nn(C)c(=O)n2C1. The largest absolute Gasteiger partial charge is 0.345 e. The van der Waals surface area contributed by atoms with Crippen LogP contribution in [0.4, 0.5) is 0 Å². The first-order valence-electron chi connectivity index (χ1n) is 8.99. The molecule has 0 radical (unpaired) electrons. The van der Waals surface area contributed by atoms with Gasteiger partial charge in [0, 0.05) is 45.4 Å². The van der Waals surface area contributed by atoms with Crippen LogP contribution in [0.3, 0.4) is 0 Å². The molecule has 0 N–H and O–H groups in total. The van der Waals surface area contributed by atoms with E-state index in [1.54, 1.807) is 34.4 Å². The van der Waals surface area contributed by atoms with Crippen molar-refractivity contribution in [1.29, 1.82) is 0 Å². The fraction of sp³-hybridized carbons (Fsp3) is 0.368. The van der Waals surface area contributed by atoms with E-state index in [1.165, 1.54) is 4.68 Å². The van der Waals surface area contributed by atoms with Crippen molar-refractivity contribution in [1.82, 2.24) is 29.0 Å². The van der Waals surface area contributed by atoms with Crippen LogP contribution < -0.4 is 5.69 Å². The lowest BCUT2D eigenvalue weighted by atomic mass is 9.98. The number of nitrogens with zero attached hydrogens (tertiary/aromatic N) is 6. The van der Waals surface area contributed by atoms with Gasteiger partial charge in [0.1, 0.15) is 5.82 Å². The Morgan fingerprint density at radius 2 is 2.07 bits per heavy atom. The maximum absolute atomic E-state index is 12.9. The molecule has 3 aromatic rings. The van der Waals surface area contributed by atoms with Crippen molar-refractivity contribution < 1.29 is 4.79 Å². The van der Waals surface area contributed by atoms with Crippen molar-refractivity contribution in [2.75, 3.05) is 7.05 Å². The highest BCUT2D eigenvalue weighted by Gasteiger charge is 2.29. The fourth-order valence-corrected chi connectivity index (χ4v) is 3.57. The molecule has 8 nitrogen and oxygen atoms in total. The van der Waals surface area contributed by atoms with Crippen molar-refractivity contribution in [2.45, 2.75) is 25.9 Å². The normalized spacial score (nSPS) is 16.1. The van der Waals surface area contributed by atoms with E-state index in [2.05, 4.69) is 10.2 Å². The molecule has 0 bridgehead atoms.